The van der Waals surface area contributed by atoms with E-state index in [0.29, 0.717) is 18.5 Å². The van der Waals surface area contributed by atoms with Gasteiger partial charge in [0.15, 0.2) is 0 Å². The van der Waals surface area contributed by atoms with Crippen LogP contribution in [0.3, 0.4) is 0 Å². The number of rotatable bonds is 5. The average molecular weight is 343 g/mol. The Bertz CT molecular complexity index is 717. The van der Waals surface area contributed by atoms with E-state index in [2.05, 4.69) is 35.4 Å². The predicted molar refractivity (Wildman–Crippen MR) is 101 cm³/mol. The van der Waals surface area contributed by atoms with Gasteiger partial charge < -0.3 is 20.3 Å². The fourth-order valence-corrected chi connectivity index (χ4v) is 3.82. The SMILES string of the molecule is Cc1ccc2c(CCNC(=O)N(C)C3CCC(CO)CC3)c[nH]c2c1. The van der Waals surface area contributed by atoms with Gasteiger partial charge in [-0.15, -0.1) is 0 Å². The minimum atomic E-state index is 0.00290. The molecule has 5 nitrogen and oxygen atoms in total. The van der Waals surface area contributed by atoms with E-state index in [1.54, 1.807) is 0 Å². The molecule has 0 saturated heterocycles. The Balaban J connectivity index is 1.48. The van der Waals surface area contributed by atoms with Gasteiger partial charge in [-0.25, -0.2) is 4.79 Å². The van der Waals surface area contributed by atoms with E-state index in [9.17, 15) is 9.90 Å². The summed E-state index contributed by atoms with van der Waals surface area (Å²) in [6.45, 7) is 2.99. The highest BCUT2D eigenvalue weighted by Crippen LogP contribution is 2.26. The summed E-state index contributed by atoms with van der Waals surface area (Å²) in [6.07, 6.45) is 6.84. The van der Waals surface area contributed by atoms with Gasteiger partial charge in [-0.05, 0) is 62.1 Å². The van der Waals surface area contributed by atoms with Crippen LogP contribution < -0.4 is 5.32 Å². The van der Waals surface area contributed by atoms with Crippen molar-refractivity contribution in [1.29, 1.82) is 0 Å². The van der Waals surface area contributed by atoms with E-state index >= 15 is 0 Å². The summed E-state index contributed by atoms with van der Waals surface area (Å²) in [5, 5.41) is 13.5. The maximum Gasteiger partial charge on any atom is 0.317 e. The quantitative estimate of drug-likeness (QED) is 0.780. The van der Waals surface area contributed by atoms with Crippen molar-refractivity contribution < 1.29 is 9.90 Å². The first-order valence-electron chi connectivity index (χ1n) is 9.26. The van der Waals surface area contributed by atoms with E-state index in [1.165, 1.54) is 16.5 Å². The number of fused-ring (bicyclic) bond motifs is 1. The minimum absolute atomic E-state index is 0.00290. The van der Waals surface area contributed by atoms with Gasteiger partial charge in [0, 0.05) is 43.3 Å². The van der Waals surface area contributed by atoms with E-state index in [0.717, 1.165) is 37.6 Å². The Morgan fingerprint density at radius 2 is 2.08 bits per heavy atom. The zero-order chi connectivity index (χ0) is 17.8. The second-order valence-corrected chi connectivity index (χ2v) is 7.31. The number of hydrogen-bond donors (Lipinski definition) is 3. The smallest absolute Gasteiger partial charge is 0.317 e. The molecular weight excluding hydrogens is 314 g/mol. The van der Waals surface area contributed by atoms with E-state index in [1.807, 2.05) is 18.1 Å². The van der Waals surface area contributed by atoms with Gasteiger partial charge >= 0.3 is 6.03 Å². The predicted octanol–water partition coefficient (Wildman–Crippen LogP) is 3.21. The number of hydrogen-bond acceptors (Lipinski definition) is 2. The van der Waals surface area contributed by atoms with Crippen LogP contribution in [0.2, 0.25) is 0 Å². The third-order valence-electron chi connectivity index (χ3n) is 5.54. The number of H-pyrrole nitrogens is 1. The largest absolute Gasteiger partial charge is 0.396 e. The number of nitrogens with one attached hydrogen (secondary N) is 2. The van der Waals surface area contributed by atoms with Crippen LogP contribution in [0, 0.1) is 12.8 Å². The molecule has 25 heavy (non-hydrogen) atoms. The highest BCUT2D eigenvalue weighted by atomic mass is 16.3. The normalized spacial score (nSPS) is 20.6. The first kappa shape index (κ1) is 17.8. The van der Waals surface area contributed by atoms with E-state index in [-0.39, 0.29) is 12.6 Å². The Labute approximate surface area is 149 Å². The monoisotopic (exact) mass is 343 g/mol. The number of aromatic nitrogens is 1. The summed E-state index contributed by atoms with van der Waals surface area (Å²) in [6, 6.07) is 6.70. The van der Waals surface area contributed by atoms with Gasteiger partial charge in [0.25, 0.3) is 0 Å². The highest BCUT2D eigenvalue weighted by molar-refractivity contribution is 5.83. The number of carbonyl (C=O) groups excluding carboxylic acids is 1. The maximum atomic E-state index is 12.4. The summed E-state index contributed by atoms with van der Waals surface area (Å²) in [7, 11) is 1.88. The molecule has 0 atom stereocenters. The van der Waals surface area contributed by atoms with Crippen molar-refractivity contribution in [2.75, 3.05) is 20.2 Å². The molecule has 1 heterocycles. The summed E-state index contributed by atoms with van der Waals surface area (Å²) in [5.41, 5.74) is 3.63. The number of urea groups is 1. The number of aryl methyl sites for hydroxylation is 1. The third kappa shape index (κ3) is 4.15. The van der Waals surface area contributed by atoms with Crippen LogP contribution >= 0.6 is 0 Å². The lowest BCUT2D eigenvalue weighted by Gasteiger charge is -2.34. The molecule has 3 rings (SSSR count). The molecule has 1 aliphatic rings. The van der Waals surface area contributed by atoms with Crippen LogP contribution in [0.15, 0.2) is 24.4 Å². The Hall–Kier alpha value is -2.01. The van der Waals surface area contributed by atoms with Crippen LogP contribution in [0.4, 0.5) is 4.79 Å². The molecule has 0 unspecified atom stereocenters. The number of nitrogens with zero attached hydrogens (tertiary/aromatic N) is 1. The average Bonchev–Trinajstić information content (AvgIpc) is 3.03. The molecule has 0 bridgehead atoms. The molecule has 3 N–H and O–H groups in total. The van der Waals surface area contributed by atoms with Gasteiger partial charge in [0.2, 0.25) is 0 Å². The van der Waals surface area contributed by atoms with Crippen LogP contribution in [-0.4, -0.2) is 47.3 Å². The highest BCUT2D eigenvalue weighted by Gasteiger charge is 2.26. The number of carbonyl (C=O) groups is 1. The fraction of sp³-hybridized carbons (Fsp3) is 0.550. The summed E-state index contributed by atoms with van der Waals surface area (Å²) < 4.78 is 0. The summed E-state index contributed by atoms with van der Waals surface area (Å²) in [4.78, 5) is 17.5. The number of amides is 2. The van der Waals surface area contributed by atoms with Crippen molar-refractivity contribution in [1.82, 2.24) is 15.2 Å². The molecule has 2 aromatic rings. The lowest BCUT2D eigenvalue weighted by Crippen LogP contribution is -2.45. The van der Waals surface area contributed by atoms with Crippen LogP contribution in [0.5, 0.6) is 0 Å². The molecule has 0 spiro atoms. The van der Waals surface area contributed by atoms with Crippen molar-refractivity contribution >= 4 is 16.9 Å². The third-order valence-corrected chi connectivity index (χ3v) is 5.54. The van der Waals surface area contributed by atoms with Crippen LogP contribution in [0.1, 0.15) is 36.8 Å². The zero-order valence-electron chi connectivity index (χ0n) is 15.2. The second-order valence-electron chi connectivity index (χ2n) is 7.31. The minimum Gasteiger partial charge on any atom is -0.396 e. The van der Waals surface area contributed by atoms with Crippen molar-refractivity contribution in [3.05, 3.63) is 35.5 Å². The maximum absolute atomic E-state index is 12.4. The molecule has 1 aliphatic carbocycles. The molecule has 1 fully saturated rings. The van der Waals surface area contributed by atoms with Gasteiger partial charge in [-0.2, -0.15) is 0 Å². The molecule has 0 aliphatic heterocycles. The fourth-order valence-electron chi connectivity index (χ4n) is 3.82. The van der Waals surface area contributed by atoms with Gasteiger partial charge in [-0.3, -0.25) is 0 Å². The van der Waals surface area contributed by atoms with Gasteiger partial charge in [0.1, 0.15) is 0 Å². The Morgan fingerprint density at radius 1 is 1.32 bits per heavy atom. The molecule has 2 amide bonds. The molecule has 1 aromatic carbocycles. The number of aromatic amines is 1. The van der Waals surface area contributed by atoms with Gasteiger partial charge in [-0.1, -0.05) is 12.1 Å². The number of benzene rings is 1. The van der Waals surface area contributed by atoms with Crippen molar-refractivity contribution in [3.8, 4) is 0 Å². The molecule has 5 heteroatoms. The molecule has 0 radical (unpaired) electrons. The Kier molecular flexibility index (Phi) is 5.63. The lowest BCUT2D eigenvalue weighted by atomic mass is 9.86. The molecule has 1 aromatic heterocycles. The number of aliphatic hydroxyl groups is 1. The topological polar surface area (TPSA) is 68.4 Å². The number of aliphatic hydroxyl groups excluding tert-OH is 1. The van der Waals surface area contributed by atoms with Crippen molar-refractivity contribution in [2.45, 2.75) is 45.1 Å². The summed E-state index contributed by atoms with van der Waals surface area (Å²) >= 11 is 0. The van der Waals surface area contributed by atoms with Crippen LogP contribution in [-0.2, 0) is 6.42 Å². The molecule has 136 valence electrons. The summed E-state index contributed by atoms with van der Waals surface area (Å²) in [5.74, 6) is 0.415. The van der Waals surface area contributed by atoms with Gasteiger partial charge in [0.05, 0.1) is 0 Å². The molecule has 1 saturated carbocycles. The lowest BCUT2D eigenvalue weighted by molar-refractivity contribution is 0.134. The first-order valence-corrected chi connectivity index (χ1v) is 9.26. The second kappa shape index (κ2) is 7.91. The van der Waals surface area contributed by atoms with E-state index in [4.69, 9.17) is 0 Å². The van der Waals surface area contributed by atoms with Crippen molar-refractivity contribution in [2.24, 2.45) is 5.92 Å². The van der Waals surface area contributed by atoms with Crippen LogP contribution in [0.25, 0.3) is 10.9 Å². The zero-order valence-corrected chi connectivity index (χ0v) is 15.2. The Morgan fingerprint density at radius 3 is 2.80 bits per heavy atom. The van der Waals surface area contributed by atoms with E-state index < -0.39 is 0 Å². The standard InChI is InChI=1S/C20H29N3O2/c1-14-3-8-18-16(12-22-19(18)11-14)9-10-21-20(25)23(2)17-6-4-15(13-24)5-7-17/h3,8,11-12,15,17,22,24H,4-7,9-10,13H2,1-2H3,(H,21,25). The van der Waals surface area contributed by atoms with Crippen molar-refractivity contribution in [3.63, 3.8) is 0 Å². The molecular formula is C20H29N3O2. The first-order chi connectivity index (χ1) is 12.1.